The summed E-state index contributed by atoms with van der Waals surface area (Å²) in [5.74, 6) is -0.392. The number of carbonyl (C=O) groups is 1. The second-order valence-electron chi connectivity index (χ2n) is 6.00. The van der Waals surface area contributed by atoms with Crippen LogP contribution in [0, 0.1) is 5.92 Å². The first kappa shape index (κ1) is 16.7. The Kier molecular flexibility index (Phi) is 3.96. The molecular weight excluding hydrogens is 353 g/mol. The molecule has 1 N–H and O–H groups in total. The number of rotatable bonds is 3. The van der Waals surface area contributed by atoms with Crippen LogP contribution in [0.3, 0.4) is 0 Å². The topological polar surface area (TPSA) is 66.5 Å². The summed E-state index contributed by atoms with van der Waals surface area (Å²) in [6, 6.07) is 1.80. The van der Waals surface area contributed by atoms with Crippen LogP contribution < -0.4 is 4.72 Å². The number of thiophene rings is 1. The minimum Gasteiger partial charge on any atom is -0.335 e. The Bertz CT molecular complexity index is 729. The summed E-state index contributed by atoms with van der Waals surface area (Å²) >= 11 is 0.445. The van der Waals surface area contributed by atoms with Gasteiger partial charge in [0.25, 0.3) is 5.91 Å². The number of alkyl halides is 3. The zero-order valence-corrected chi connectivity index (χ0v) is 13.8. The van der Waals surface area contributed by atoms with Crippen molar-refractivity contribution in [2.24, 2.45) is 5.92 Å². The van der Waals surface area contributed by atoms with Crippen molar-refractivity contribution >= 4 is 27.3 Å². The molecule has 10 heteroatoms. The predicted octanol–water partition coefficient (Wildman–Crippen LogP) is 1.92. The van der Waals surface area contributed by atoms with Gasteiger partial charge < -0.3 is 4.90 Å². The highest BCUT2D eigenvalue weighted by Gasteiger charge is 2.47. The van der Waals surface area contributed by atoms with Gasteiger partial charge in [0.05, 0.1) is 11.1 Å². The normalized spacial score (nSPS) is 27.7. The number of hydrogen-bond acceptors (Lipinski definition) is 4. The fourth-order valence-corrected chi connectivity index (χ4v) is 5.04. The van der Waals surface area contributed by atoms with Gasteiger partial charge in [0, 0.05) is 18.6 Å². The van der Waals surface area contributed by atoms with Gasteiger partial charge in [-0.05, 0) is 30.9 Å². The number of piperidine rings is 1. The van der Waals surface area contributed by atoms with E-state index in [-0.39, 0.29) is 22.9 Å². The fourth-order valence-electron chi connectivity index (χ4n) is 3.37. The number of halogens is 3. The number of amides is 1. The third kappa shape index (κ3) is 3.38. The number of fused-ring (bicyclic) bond motifs is 2. The molecule has 3 rings (SSSR count). The Balaban J connectivity index is 1.69. The first-order valence-electron chi connectivity index (χ1n) is 7.00. The van der Waals surface area contributed by atoms with Crippen molar-refractivity contribution in [3.05, 3.63) is 21.9 Å². The highest BCUT2D eigenvalue weighted by molar-refractivity contribution is 7.88. The van der Waals surface area contributed by atoms with Gasteiger partial charge >= 0.3 is 6.18 Å². The first-order chi connectivity index (χ1) is 10.5. The molecule has 0 radical (unpaired) electrons. The Hall–Kier alpha value is -1.13. The average Bonchev–Trinajstić information content (AvgIpc) is 3.09. The van der Waals surface area contributed by atoms with Crippen LogP contribution >= 0.6 is 11.3 Å². The van der Waals surface area contributed by atoms with Crippen molar-refractivity contribution in [3.8, 4) is 0 Å². The molecule has 2 heterocycles. The molecule has 5 nitrogen and oxygen atoms in total. The quantitative estimate of drug-likeness (QED) is 0.886. The lowest BCUT2D eigenvalue weighted by atomic mass is 10.0. The first-order valence-corrected chi connectivity index (χ1v) is 9.70. The second kappa shape index (κ2) is 5.45. The summed E-state index contributed by atoms with van der Waals surface area (Å²) in [6.45, 7) is 0.371. The maximum absolute atomic E-state index is 12.6. The minimum atomic E-state index is -4.45. The molecule has 3 atom stereocenters. The Morgan fingerprint density at radius 3 is 2.52 bits per heavy atom. The molecule has 1 amide bonds. The molecule has 1 aliphatic carbocycles. The third-order valence-electron chi connectivity index (χ3n) is 4.26. The number of nitrogens with zero attached hydrogens (tertiary/aromatic N) is 1. The maximum Gasteiger partial charge on any atom is 0.425 e. The van der Waals surface area contributed by atoms with Gasteiger partial charge in [0.15, 0.2) is 0 Å². The molecule has 2 bridgehead atoms. The van der Waals surface area contributed by atoms with Gasteiger partial charge in [0.2, 0.25) is 10.0 Å². The lowest BCUT2D eigenvalue weighted by Gasteiger charge is -2.31. The lowest BCUT2D eigenvalue weighted by molar-refractivity contribution is -0.134. The highest BCUT2D eigenvalue weighted by atomic mass is 32.2. The monoisotopic (exact) mass is 368 g/mol. The average molecular weight is 368 g/mol. The van der Waals surface area contributed by atoms with Gasteiger partial charge in [0.1, 0.15) is 4.88 Å². The smallest absolute Gasteiger partial charge is 0.335 e. The van der Waals surface area contributed by atoms with Gasteiger partial charge in [-0.2, -0.15) is 13.2 Å². The molecule has 0 spiro atoms. The van der Waals surface area contributed by atoms with Crippen LogP contribution in [0.4, 0.5) is 13.2 Å². The van der Waals surface area contributed by atoms with Crippen molar-refractivity contribution in [3.63, 3.8) is 0 Å². The van der Waals surface area contributed by atoms with Gasteiger partial charge in [-0.25, -0.2) is 13.1 Å². The zero-order chi connectivity index (χ0) is 17.0. The highest BCUT2D eigenvalue weighted by Crippen LogP contribution is 2.40. The van der Waals surface area contributed by atoms with Crippen molar-refractivity contribution < 1.29 is 26.4 Å². The minimum absolute atomic E-state index is 0.0146. The standard InChI is InChI=1S/C13H15F3N2O3S2/c1-23(20,21)17-9-5-8-4-7(9)6-18(8)12(19)10-2-3-11(22-10)13(14,15)16/h2-3,7-9,17H,4-6H2,1H3. The molecule has 2 aliphatic rings. The van der Waals surface area contributed by atoms with Crippen molar-refractivity contribution in [2.75, 3.05) is 12.8 Å². The summed E-state index contributed by atoms with van der Waals surface area (Å²) in [5, 5.41) is 0. The largest absolute Gasteiger partial charge is 0.425 e. The summed E-state index contributed by atoms with van der Waals surface area (Å²) in [6.07, 6.45) is -2.18. The summed E-state index contributed by atoms with van der Waals surface area (Å²) < 4.78 is 63.0. The van der Waals surface area contributed by atoms with E-state index in [4.69, 9.17) is 0 Å². The van der Waals surface area contributed by atoms with E-state index in [9.17, 15) is 26.4 Å². The summed E-state index contributed by atoms with van der Waals surface area (Å²) in [7, 11) is -3.31. The zero-order valence-electron chi connectivity index (χ0n) is 12.1. The van der Waals surface area contributed by atoms with E-state index in [0.717, 1.165) is 12.3 Å². The number of carbonyl (C=O) groups excluding carboxylic acids is 1. The molecule has 128 valence electrons. The van der Waals surface area contributed by atoms with E-state index in [1.165, 1.54) is 6.07 Å². The van der Waals surface area contributed by atoms with Crippen LogP contribution in [0.5, 0.6) is 0 Å². The van der Waals surface area contributed by atoms with E-state index in [1.807, 2.05) is 0 Å². The Morgan fingerprint density at radius 1 is 1.35 bits per heavy atom. The van der Waals surface area contributed by atoms with Crippen molar-refractivity contribution in [1.29, 1.82) is 0 Å². The van der Waals surface area contributed by atoms with Gasteiger partial charge in [-0.15, -0.1) is 11.3 Å². The van der Waals surface area contributed by atoms with Crippen molar-refractivity contribution in [2.45, 2.75) is 31.1 Å². The van der Waals surface area contributed by atoms with E-state index < -0.39 is 27.0 Å². The molecule has 1 aromatic heterocycles. The fraction of sp³-hybridized carbons (Fsp3) is 0.615. The van der Waals surface area contributed by atoms with E-state index in [2.05, 4.69) is 4.72 Å². The van der Waals surface area contributed by atoms with Gasteiger partial charge in [-0.1, -0.05) is 0 Å². The molecule has 1 saturated carbocycles. The molecule has 1 saturated heterocycles. The molecule has 3 unspecified atom stereocenters. The number of sulfonamides is 1. The number of nitrogens with one attached hydrogen (secondary N) is 1. The number of likely N-dealkylation sites (tertiary alicyclic amines) is 1. The van der Waals surface area contributed by atoms with Crippen LogP contribution in [0.1, 0.15) is 27.4 Å². The summed E-state index contributed by atoms with van der Waals surface area (Å²) in [4.78, 5) is 13.2. The van der Waals surface area contributed by atoms with Crippen molar-refractivity contribution in [1.82, 2.24) is 9.62 Å². The number of hydrogen-bond donors (Lipinski definition) is 1. The van der Waals surface area contributed by atoms with Crippen LogP contribution in [-0.2, 0) is 16.2 Å². The van der Waals surface area contributed by atoms with Crippen LogP contribution in [-0.4, -0.2) is 44.1 Å². The molecule has 1 aliphatic heterocycles. The van der Waals surface area contributed by atoms with Crippen LogP contribution in [0.25, 0.3) is 0 Å². The SMILES string of the molecule is CS(=O)(=O)NC1CC2CC1CN2C(=O)c1ccc(C(F)(F)F)s1. The third-order valence-corrected chi connectivity index (χ3v) is 6.11. The van der Waals surface area contributed by atoms with Crippen LogP contribution in [0.2, 0.25) is 0 Å². The maximum atomic E-state index is 12.6. The molecular formula is C13H15F3N2O3S2. The second-order valence-corrected chi connectivity index (χ2v) is 8.86. The molecule has 1 aromatic rings. The van der Waals surface area contributed by atoms with E-state index >= 15 is 0 Å². The molecule has 0 aromatic carbocycles. The van der Waals surface area contributed by atoms with Gasteiger partial charge in [-0.3, -0.25) is 4.79 Å². The Labute approximate surface area is 135 Å². The lowest BCUT2D eigenvalue weighted by Crippen LogP contribution is -2.47. The van der Waals surface area contributed by atoms with E-state index in [1.54, 1.807) is 4.90 Å². The van der Waals surface area contributed by atoms with E-state index in [0.29, 0.717) is 30.7 Å². The van der Waals surface area contributed by atoms with Crippen LogP contribution in [0.15, 0.2) is 12.1 Å². The predicted molar refractivity (Wildman–Crippen MR) is 78.6 cm³/mol. The Morgan fingerprint density at radius 2 is 2.04 bits per heavy atom. The summed E-state index contributed by atoms with van der Waals surface area (Å²) in [5.41, 5.74) is 0. The molecule has 2 fully saturated rings. The molecule has 23 heavy (non-hydrogen) atoms.